The molecule has 1 fully saturated rings. The summed E-state index contributed by atoms with van der Waals surface area (Å²) in [6.45, 7) is 3.96. The van der Waals surface area contributed by atoms with E-state index in [4.69, 9.17) is 0 Å². The second-order valence-electron chi connectivity index (χ2n) is 6.62. The van der Waals surface area contributed by atoms with Gasteiger partial charge in [0.1, 0.15) is 5.75 Å². The lowest BCUT2D eigenvalue weighted by molar-refractivity contribution is -0.880. The number of quaternary nitrogens is 1. The summed E-state index contributed by atoms with van der Waals surface area (Å²) in [6.07, 6.45) is -4.83. The first-order valence-corrected chi connectivity index (χ1v) is 10.2. The van der Waals surface area contributed by atoms with Gasteiger partial charge in [0, 0.05) is 11.4 Å². The van der Waals surface area contributed by atoms with E-state index in [-0.39, 0.29) is 4.90 Å². The Bertz CT molecular complexity index is 892. The van der Waals surface area contributed by atoms with Gasteiger partial charge in [-0.15, -0.1) is 13.2 Å². The van der Waals surface area contributed by atoms with Crippen molar-refractivity contribution in [2.24, 2.45) is 0 Å². The Morgan fingerprint density at radius 3 is 2.11 bits per heavy atom. The van der Waals surface area contributed by atoms with Crippen LogP contribution in [0, 0.1) is 0 Å². The molecular formula is C18H21F3N3O3S+. The maximum absolute atomic E-state index is 12.4. The number of ether oxygens (including phenoxy) is 1. The lowest BCUT2D eigenvalue weighted by Crippen LogP contribution is -3.12. The van der Waals surface area contributed by atoms with Gasteiger partial charge in [0.2, 0.25) is 0 Å². The van der Waals surface area contributed by atoms with Crippen molar-refractivity contribution in [3.63, 3.8) is 0 Å². The summed E-state index contributed by atoms with van der Waals surface area (Å²) in [5.74, 6) is -0.482. The zero-order chi connectivity index (χ0) is 20.4. The number of likely N-dealkylation sites (N-methyl/N-ethyl adjacent to an activating group) is 1. The molecule has 152 valence electrons. The van der Waals surface area contributed by atoms with Crippen LogP contribution in [-0.2, 0) is 10.0 Å². The Kier molecular flexibility index (Phi) is 5.71. The first-order valence-electron chi connectivity index (χ1n) is 8.67. The van der Waals surface area contributed by atoms with Crippen LogP contribution in [-0.4, -0.2) is 48.0 Å². The maximum atomic E-state index is 12.4. The van der Waals surface area contributed by atoms with Gasteiger partial charge in [0.15, 0.2) is 0 Å². The smallest absolute Gasteiger partial charge is 0.406 e. The first kappa shape index (κ1) is 20.3. The summed E-state index contributed by atoms with van der Waals surface area (Å²) in [5, 5.41) is 0. The number of sulfonamides is 1. The van der Waals surface area contributed by atoms with E-state index in [1.165, 1.54) is 4.90 Å². The minimum atomic E-state index is -4.83. The summed E-state index contributed by atoms with van der Waals surface area (Å²) < 4.78 is 67.6. The van der Waals surface area contributed by atoms with Crippen molar-refractivity contribution < 1.29 is 31.2 Å². The summed E-state index contributed by atoms with van der Waals surface area (Å²) >= 11 is 0. The highest BCUT2D eigenvalue weighted by atomic mass is 32.2. The van der Waals surface area contributed by atoms with E-state index >= 15 is 0 Å². The lowest BCUT2D eigenvalue weighted by Gasteiger charge is -2.31. The SMILES string of the molecule is C[NH+]1CCN(c2ccc(NS(=O)(=O)c3ccc(OC(F)(F)F)cc3)cc2)CC1. The van der Waals surface area contributed by atoms with Crippen molar-refractivity contribution >= 4 is 21.4 Å². The number of anilines is 2. The monoisotopic (exact) mass is 416 g/mol. The Morgan fingerprint density at radius 2 is 1.57 bits per heavy atom. The van der Waals surface area contributed by atoms with E-state index in [2.05, 4.69) is 21.4 Å². The first-order chi connectivity index (χ1) is 13.1. The Labute approximate surface area is 161 Å². The third-order valence-corrected chi connectivity index (χ3v) is 5.87. The standard InChI is InChI=1S/C18H20F3N3O3S/c1-23-10-12-24(13-11-23)15-4-2-14(3-5-15)22-28(25,26)17-8-6-16(7-9-17)27-18(19,20)21/h2-9,22H,10-13H2,1H3/p+1. The van der Waals surface area contributed by atoms with Gasteiger partial charge in [0.25, 0.3) is 10.0 Å². The van der Waals surface area contributed by atoms with Gasteiger partial charge in [-0.05, 0) is 48.5 Å². The topological polar surface area (TPSA) is 63.1 Å². The summed E-state index contributed by atoms with van der Waals surface area (Å²) in [4.78, 5) is 3.56. The largest absolute Gasteiger partial charge is 0.573 e. The molecule has 0 aromatic heterocycles. The highest BCUT2D eigenvalue weighted by molar-refractivity contribution is 7.92. The number of halogens is 3. The quantitative estimate of drug-likeness (QED) is 0.779. The van der Waals surface area contributed by atoms with Gasteiger partial charge >= 0.3 is 6.36 Å². The van der Waals surface area contributed by atoms with Crippen LogP contribution in [0.3, 0.4) is 0 Å². The van der Waals surface area contributed by atoms with Crippen molar-refractivity contribution in [2.45, 2.75) is 11.3 Å². The molecule has 1 heterocycles. The molecule has 2 N–H and O–H groups in total. The van der Waals surface area contributed by atoms with E-state index in [9.17, 15) is 21.6 Å². The summed E-state index contributed by atoms with van der Waals surface area (Å²) in [5.41, 5.74) is 1.39. The number of rotatable bonds is 5. The number of hydrogen-bond donors (Lipinski definition) is 2. The second kappa shape index (κ2) is 7.88. The highest BCUT2D eigenvalue weighted by Gasteiger charge is 2.31. The molecule has 28 heavy (non-hydrogen) atoms. The predicted molar refractivity (Wildman–Crippen MR) is 99.2 cm³/mol. The fraction of sp³-hybridized carbons (Fsp3) is 0.333. The van der Waals surface area contributed by atoms with E-state index in [1.807, 2.05) is 12.1 Å². The molecule has 2 aromatic carbocycles. The Balaban J connectivity index is 1.67. The van der Waals surface area contributed by atoms with Crippen LogP contribution in [0.15, 0.2) is 53.4 Å². The van der Waals surface area contributed by atoms with Crippen LogP contribution in [0.5, 0.6) is 5.75 Å². The molecule has 0 spiro atoms. The van der Waals surface area contributed by atoms with E-state index in [0.717, 1.165) is 56.1 Å². The number of nitrogens with one attached hydrogen (secondary N) is 2. The Morgan fingerprint density at radius 1 is 1.00 bits per heavy atom. The number of alkyl halides is 3. The van der Waals surface area contributed by atoms with Gasteiger partial charge in [-0.1, -0.05) is 0 Å². The van der Waals surface area contributed by atoms with Crippen LogP contribution in [0.25, 0.3) is 0 Å². The van der Waals surface area contributed by atoms with Crippen molar-refractivity contribution in [2.75, 3.05) is 42.8 Å². The highest BCUT2D eigenvalue weighted by Crippen LogP contribution is 2.25. The average Bonchev–Trinajstić information content (AvgIpc) is 2.62. The van der Waals surface area contributed by atoms with Crippen LogP contribution in [0.4, 0.5) is 24.5 Å². The minimum absolute atomic E-state index is 0.159. The molecule has 2 aromatic rings. The average molecular weight is 416 g/mol. The number of benzene rings is 2. The van der Waals surface area contributed by atoms with Crippen molar-refractivity contribution in [1.82, 2.24) is 0 Å². The molecule has 0 amide bonds. The molecule has 1 saturated heterocycles. The van der Waals surface area contributed by atoms with E-state index < -0.39 is 22.1 Å². The van der Waals surface area contributed by atoms with Crippen molar-refractivity contribution in [3.05, 3.63) is 48.5 Å². The fourth-order valence-electron chi connectivity index (χ4n) is 2.92. The molecule has 1 aliphatic heterocycles. The molecule has 0 atom stereocenters. The molecule has 0 bridgehead atoms. The van der Waals surface area contributed by atoms with Crippen molar-refractivity contribution in [1.29, 1.82) is 0 Å². The Hall–Kier alpha value is -2.46. The third kappa shape index (κ3) is 5.29. The number of hydrogen-bond acceptors (Lipinski definition) is 4. The molecule has 0 unspecified atom stereocenters. The van der Waals surface area contributed by atoms with Gasteiger partial charge in [-0.3, -0.25) is 4.72 Å². The van der Waals surface area contributed by atoms with Gasteiger partial charge in [-0.2, -0.15) is 0 Å². The maximum Gasteiger partial charge on any atom is 0.573 e. The molecule has 0 aliphatic carbocycles. The zero-order valence-electron chi connectivity index (χ0n) is 15.2. The molecule has 0 saturated carbocycles. The van der Waals surface area contributed by atoms with Gasteiger partial charge in [-0.25, -0.2) is 8.42 Å². The summed E-state index contributed by atoms with van der Waals surface area (Å²) in [7, 11) is -1.77. The van der Waals surface area contributed by atoms with Crippen LogP contribution in [0.2, 0.25) is 0 Å². The van der Waals surface area contributed by atoms with Gasteiger partial charge in [0.05, 0.1) is 38.1 Å². The normalized spacial score (nSPS) is 16.1. The predicted octanol–water partition coefficient (Wildman–Crippen LogP) is 1.72. The minimum Gasteiger partial charge on any atom is -0.406 e. The van der Waals surface area contributed by atoms with Crippen molar-refractivity contribution in [3.8, 4) is 5.75 Å². The van der Waals surface area contributed by atoms with Gasteiger partial charge < -0.3 is 14.5 Å². The van der Waals surface area contributed by atoms with Crippen LogP contribution in [0.1, 0.15) is 0 Å². The molecule has 10 heteroatoms. The molecular weight excluding hydrogens is 395 g/mol. The number of nitrogens with zero attached hydrogens (tertiary/aromatic N) is 1. The van der Waals surface area contributed by atoms with E-state index in [1.54, 1.807) is 12.1 Å². The molecule has 1 aliphatic rings. The zero-order valence-corrected chi connectivity index (χ0v) is 16.0. The molecule has 3 rings (SSSR count). The number of piperazine rings is 1. The lowest BCUT2D eigenvalue weighted by atomic mass is 10.2. The van der Waals surface area contributed by atoms with Crippen LogP contribution >= 0.6 is 0 Å². The second-order valence-corrected chi connectivity index (χ2v) is 8.30. The third-order valence-electron chi connectivity index (χ3n) is 4.47. The summed E-state index contributed by atoms with van der Waals surface area (Å²) in [6, 6.07) is 11.1. The molecule has 6 nitrogen and oxygen atoms in total. The fourth-order valence-corrected chi connectivity index (χ4v) is 3.98. The molecule has 0 radical (unpaired) electrons. The van der Waals surface area contributed by atoms with Crippen LogP contribution < -0.4 is 19.3 Å². The van der Waals surface area contributed by atoms with E-state index in [0.29, 0.717) is 5.69 Å².